The molecule has 2 aromatic heterocycles. The molecule has 1 aliphatic rings. The second-order valence-electron chi connectivity index (χ2n) is 9.75. The molecule has 0 saturated heterocycles. The van der Waals surface area contributed by atoms with Gasteiger partial charge in [-0.15, -0.1) is 0 Å². The van der Waals surface area contributed by atoms with Crippen LogP contribution in [0.1, 0.15) is 39.0 Å². The summed E-state index contributed by atoms with van der Waals surface area (Å²) in [7, 11) is 0. The molecule has 4 rings (SSSR count). The van der Waals surface area contributed by atoms with E-state index in [0.29, 0.717) is 47.5 Å². The number of nitrogens with zero attached hydrogens (tertiary/aromatic N) is 3. The maximum absolute atomic E-state index is 12.7. The standard InChI is InChI=1S/C24H27F3N4O4/c1-14(32)28-20-11-31(22(33)35-23(2,3)4)21-6-5-17(9-18(20)21)34-12-15-7-16-10-30(13-24(25,26)27)29-19(16)8-15/h5-6,9-11,15H,7-8,12-13H2,1-4H3,(H,28,32). The molecule has 188 valence electrons. The summed E-state index contributed by atoms with van der Waals surface area (Å²) >= 11 is 0. The topological polar surface area (TPSA) is 87.4 Å². The lowest BCUT2D eigenvalue weighted by Crippen LogP contribution is -2.26. The smallest absolute Gasteiger partial charge is 0.419 e. The van der Waals surface area contributed by atoms with Crippen LogP contribution in [0.25, 0.3) is 10.9 Å². The average molecular weight is 492 g/mol. The summed E-state index contributed by atoms with van der Waals surface area (Å²) < 4.78 is 51.5. The number of fused-ring (bicyclic) bond motifs is 2. The van der Waals surface area contributed by atoms with Gasteiger partial charge in [-0.25, -0.2) is 4.79 Å². The molecule has 2 heterocycles. The number of amides is 1. The van der Waals surface area contributed by atoms with Crippen LogP contribution in [0.4, 0.5) is 23.7 Å². The Kier molecular flexibility index (Phi) is 6.29. The Morgan fingerprint density at radius 1 is 1.17 bits per heavy atom. The van der Waals surface area contributed by atoms with E-state index in [4.69, 9.17) is 9.47 Å². The number of rotatable bonds is 5. The minimum atomic E-state index is -4.31. The fraction of sp³-hybridized carbons (Fsp3) is 0.458. The van der Waals surface area contributed by atoms with Crippen LogP contribution < -0.4 is 10.1 Å². The summed E-state index contributed by atoms with van der Waals surface area (Å²) in [5.41, 5.74) is 1.79. The second kappa shape index (κ2) is 8.94. The molecule has 0 bridgehead atoms. The number of carbonyl (C=O) groups excluding carboxylic acids is 2. The quantitative estimate of drug-likeness (QED) is 0.546. The predicted octanol–water partition coefficient (Wildman–Crippen LogP) is 4.94. The van der Waals surface area contributed by atoms with Gasteiger partial charge in [0.1, 0.15) is 17.9 Å². The van der Waals surface area contributed by atoms with E-state index in [0.717, 1.165) is 10.2 Å². The number of hydrogen-bond acceptors (Lipinski definition) is 5. The van der Waals surface area contributed by atoms with Crippen LogP contribution in [0.3, 0.4) is 0 Å². The van der Waals surface area contributed by atoms with Crippen LogP contribution >= 0.6 is 0 Å². The van der Waals surface area contributed by atoms with Crippen LogP contribution in [0, 0.1) is 5.92 Å². The lowest BCUT2D eigenvalue weighted by atomic mass is 10.1. The van der Waals surface area contributed by atoms with Gasteiger partial charge < -0.3 is 14.8 Å². The second-order valence-corrected chi connectivity index (χ2v) is 9.75. The van der Waals surface area contributed by atoms with Crippen molar-refractivity contribution in [3.8, 4) is 5.75 Å². The van der Waals surface area contributed by atoms with Crippen molar-refractivity contribution >= 4 is 28.6 Å². The van der Waals surface area contributed by atoms with Crippen molar-refractivity contribution < 1.29 is 32.2 Å². The molecule has 35 heavy (non-hydrogen) atoms. The summed E-state index contributed by atoms with van der Waals surface area (Å²) in [5.74, 6) is 0.341. The largest absolute Gasteiger partial charge is 0.493 e. The Bertz CT molecular complexity index is 1250. The Hall–Kier alpha value is -3.50. The van der Waals surface area contributed by atoms with E-state index in [1.165, 1.54) is 23.9 Å². The van der Waals surface area contributed by atoms with Gasteiger partial charge in [0.05, 0.1) is 23.5 Å². The Labute approximate surface area is 200 Å². The van der Waals surface area contributed by atoms with Gasteiger partial charge in [-0.3, -0.25) is 14.0 Å². The number of hydrogen-bond donors (Lipinski definition) is 1. The molecule has 1 aliphatic carbocycles. The van der Waals surface area contributed by atoms with Crippen LogP contribution in [0.5, 0.6) is 5.75 Å². The minimum Gasteiger partial charge on any atom is -0.493 e. The number of anilines is 1. The molecule has 1 unspecified atom stereocenters. The lowest BCUT2D eigenvalue weighted by Gasteiger charge is -2.19. The van der Waals surface area contributed by atoms with Crippen LogP contribution in [0.15, 0.2) is 30.6 Å². The predicted molar refractivity (Wildman–Crippen MR) is 123 cm³/mol. The van der Waals surface area contributed by atoms with Crippen molar-refractivity contribution in [3.05, 3.63) is 41.9 Å². The Morgan fingerprint density at radius 2 is 1.91 bits per heavy atom. The van der Waals surface area contributed by atoms with E-state index in [-0.39, 0.29) is 11.8 Å². The summed E-state index contributed by atoms with van der Waals surface area (Å²) in [5, 5.41) is 7.40. The molecule has 1 N–H and O–H groups in total. The zero-order valence-electron chi connectivity index (χ0n) is 19.9. The van der Waals surface area contributed by atoms with Gasteiger partial charge in [0.25, 0.3) is 0 Å². The first-order chi connectivity index (χ1) is 16.3. The van der Waals surface area contributed by atoms with Crippen molar-refractivity contribution in [2.45, 2.75) is 58.9 Å². The van der Waals surface area contributed by atoms with E-state index >= 15 is 0 Å². The van der Waals surface area contributed by atoms with E-state index in [2.05, 4.69) is 10.4 Å². The summed E-state index contributed by atoms with van der Waals surface area (Å²) in [6.45, 7) is 5.93. The summed E-state index contributed by atoms with van der Waals surface area (Å²) in [6, 6.07) is 5.17. The highest BCUT2D eigenvalue weighted by molar-refractivity contribution is 6.04. The van der Waals surface area contributed by atoms with Gasteiger partial charge in [-0.05, 0) is 57.4 Å². The van der Waals surface area contributed by atoms with E-state index in [9.17, 15) is 22.8 Å². The molecule has 1 aromatic carbocycles. The van der Waals surface area contributed by atoms with Crippen molar-refractivity contribution in [1.82, 2.24) is 14.3 Å². The Balaban J connectivity index is 1.47. The highest BCUT2D eigenvalue weighted by Gasteiger charge is 2.31. The van der Waals surface area contributed by atoms with Crippen molar-refractivity contribution in [2.24, 2.45) is 5.92 Å². The van der Waals surface area contributed by atoms with E-state index in [1.54, 1.807) is 39.0 Å². The first-order valence-corrected chi connectivity index (χ1v) is 11.2. The molecular formula is C24H27F3N4O4. The fourth-order valence-corrected chi connectivity index (χ4v) is 4.15. The van der Waals surface area contributed by atoms with Crippen molar-refractivity contribution in [1.29, 1.82) is 0 Å². The number of nitrogens with one attached hydrogen (secondary N) is 1. The molecule has 0 aliphatic heterocycles. The monoisotopic (exact) mass is 492 g/mol. The van der Waals surface area contributed by atoms with Gasteiger partial charge in [-0.2, -0.15) is 18.3 Å². The number of alkyl halides is 3. The Morgan fingerprint density at radius 3 is 2.54 bits per heavy atom. The van der Waals surface area contributed by atoms with Gasteiger partial charge in [-0.1, -0.05) is 0 Å². The number of ether oxygens (including phenoxy) is 2. The average Bonchev–Trinajstić information content (AvgIpc) is 3.34. The highest BCUT2D eigenvalue weighted by atomic mass is 19.4. The summed E-state index contributed by atoms with van der Waals surface area (Å²) in [6.07, 6.45) is -0.790. The van der Waals surface area contributed by atoms with Gasteiger partial charge in [0.15, 0.2) is 0 Å². The third-order valence-corrected chi connectivity index (χ3v) is 5.42. The van der Waals surface area contributed by atoms with Gasteiger partial charge >= 0.3 is 12.3 Å². The van der Waals surface area contributed by atoms with Crippen LogP contribution in [0.2, 0.25) is 0 Å². The third-order valence-electron chi connectivity index (χ3n) is 5.42. The molecule has 1 amide bonds. The first kappa shape index (κ1) is 24.6. The molecule has 11 heteroatoms. The van der Waals surface area contributed by atoms with Gasteiger partial charge in [0.2, 0.25) is 5.91 Å². The van der Waals surface area contributed by atoms with Crippen molar-refractivity contribution in [2.75, 3.05) is 11.9 Å². The van der Waals surface area contributed by atoms with Gasteiger partial charge in [0, 0.05) is 30.6 Å². The zero-order chi connectivity index (χ0) is 25.5. The first-order valence-electron chi connectivity index (χ1n) is 11.2. The molecule has 1 atom stereocenters. The summed E-state index contributed by atoms with van der Waals surface area (Å²) in [4.78, 5) is 24.4. The lowest BCUT2D eigenvalue weighted by molar-refractivity contribution is -0.142. The normalized spacial score (nSPS) is 15.8. The SMILES string of the molecule is CC(=O)Nc1cn(C(=O)OC(C)(C)C)c2ccc(OCC3Cc4cn(CC(F)(F)F)nc4C3)cc12. The highest BCUT2D eigenvalue weighted by Crippen LogP contribution is 2.32. The van der Waals surface area contributed by atoms with E-state index < -0.39 is 24.4 Å². The van der Waals surface area contributed by atoms with E-state index in [1.807, 2.05) is 0 Å². The zero-order valence-corrected chi connectivity index (χ0v) is 19.9. The maximum atomic E-state index is 12.7. The number of aromatic nitrogens is 3. The van der Waals surface area contributed by atoms with Crippen LogP contribution in [-0.2, 0) is 28.9 Å². The molecule has 3 aromatic rings. The molecular weight excluding hydrogens is 465 g/mol. The number of halogens is 3. The number of carbonyl (C=O) groups is 2. The molecule has 0 radical (unpaired) electrons. The third kappa shape index (κ3) is 5.95. The molecule has 0 fully saturated rings. The maximum Gasteiger partial charge on any atom is 0.419 e. The molecule has 0 spiro atoms. The minimum absolute atomic E-state index is 0.0879. The number of benzene rings is 1. The van der Waals surface area contributed by atoms with Crippen molar-refractivity contribution in [3.63, 3.8) is 0 Å². The molecule has 0 saturated carbocycles. The molecule has 8 nitrogen and oxygen atoms in total. The van der Waals surface area contributed by atoms with Crippen LogP contribution in [-0.4, -0.2) is 44.7 Å². The fourth-order valence-electron chi connectivity index (χ4n) is 4.15.